The van der Waals surface area contributed by atoms with Gasteiger partial charge in [-0.15, -0.1) is 0 Å². The smallest absolute Gasteiger partial charge is 0.329 e. The molecule has 0 spiro atoms. The van der Waals surface area contributed by atoms with Crippen molar-refractivity contribution < 1.29 is 9.90 Å². The number of aryl methyl sites for hydroxylation is 3. The van der Waals surface area contributed by atoms with Crippen LogP contribution in [0.25, 0.3) is 21.9 Å². The quantitative estimate of drug-likeness (QED) is 0.592. The first kappa shape index (κ1) is 17.1. The predicted molar refractivity (Wildman–Crippen MR) is 105 cm³/mol. The minimum Gasteiger partial charge on any atom is -0.481 e. The summed E-state index contributed by atoms with van der Waals surface area (Å²) in [4.78, 5) is 24.0. The Bertz CT molecular complexity index is 1230. The molecule has 27 heavy (non-hydrogen) atoms. The first-order valence-electron chi connectivity index (χ1n) is 8.91. The predicted octanol–water partition coefficient (Wildman–Crippen LogP) is 3.13. The third kappa shape index (κ3) is 2.83. The molecule has 0 aliphatic carbocycles. The van der Waals surface area contributed by atoms with Crippen LogP contribution in [0.3, 0.4) is 0 Å². The molecule has 0 aliphatic rings. The summed E-state index contributed by atoms with van der Waals surface area (Å²) in [5, 5.41) is 10.2. The van der Waals surface area contributed by atoms with Crippen molar-refractivity contribution in [3.05, 3.63) is 70.3 Å². The van der Waals surface area contributed by atoms with Gasteiger partial charge in [-0.05, 0) is 30.7 Å². The fourth-order valence-electron chi connectivity index (χ4n) is 3.78. The number of hydrogen-bond acceptors (Lipinski definition) is 2. The third-order valence-corrected chi connectivity index (χ3v) is 5.18. The van der Waals surface area contributed by atoms with E-state index in [-0.39, 0.29) is 18.7 Å². The molecule has 138 valence electrons. The average molecular weight is 363 g/mol. The van der Waals surface area contributed by atoms with Crippen molar-refractivity contribution in [3.8, 4) is 0 Å². The molecular weight excluding hydrogens is 342 g/mol. The summed E-state index contributed by atoms with van der Waals surface area (Å²) in [6.07, 6.45) is -0.0828. The Morgan fingerprint density at radius 3 is 2.44 bits per heavy atom. The molecule has 2 aromatic heterocycles. The number of hydrogen-bond donors (Lipinski definition) is 1. The van der Waals surface area contributed by atoms with Crippen molar-refractivity contribution in [2.75, 3.05) is 0 Å². The van der Waals surface area contributed by atoms with Crippen LogP contribution in [0.4, 0.5) is 0 Å². The van der Waals surface area contributed by atoms with E-state index in [2.05, 4.69) is 23.6 Å². The van der Waals surface area contributed by atoms with Crippen LogP contribution in [0.2, 0.25) is 0 Å². The summed E-state index contributed by atoms with van der Waals surface area (Å²) in [5.74, 6) is -0.914. The molecule has 0 bridgehead atoms. The highest BCUT2D eigenvalue weighted by atomic mass is 16.4. The lowest BCUT2D eigenvalue weighted by molar-refractivity contribution is -0.137. The second kappa shape index (κ2) is 6.46. The van der Waals surface area contributed by atoms with Gasteiger partial charge < -0.3 is 9.67 Å². The van der Waals surface area contributed by atoms with E-state index >= 15 is 0 Å². The normalized spacial score (nSPS) is 11.5. The Morgan fingerprint density at radius 2 is 1.74 bits per heavy atom. The van der Waals surface area contributed by atoms with Crippen LogP contribution < -0.4 is 5.69 Å². The van der Waals surface area contributed by atoms with E-state index in [1.54, 1.807) is 9.13 Å². The van der Waals surface area contributed by atoms with Gasteiger partial charge in [0.1, 0.15) is 0 Å². The first-order chi connectivity index (χ1) is 13.0. The van der Waals surface area contributed by atoms with Crippen LogP contribution in [0.1, 0.15) is 17.7 Å². The van der Waals surface area contributed by atoms with Crippen LogP contribution in [-0.4, -0.2) is 24.8 Å². The van der Waals surface area contributed by atoms with E-state index in [1.165, 1.54) is 0 Å². The zero-order valence-electron chi connectivity index (χ0n) is 15.3. The maximum Gasteiger partial charge on any atom is 0.329 e. The van der Waals surface area contributed by atoms with Crippen LogP contribution in [0.15, 0.2) is 53.3 Å². The Labute approximate surface area is 155 Å². The topological polar surface area (TPSA) is 69.2 Å². The molecule has 0 radical (unpaired) electrons. The molecule has 0 saturated heterocycles. The van der Waals surface area contributed by atoms with Gasteiger partial charge in [-0.1, -0.05) is 30.3 Å². The van der Waals surface area contributed by atoms with Crippen molar-refractivity contribution in [3.63, 3.8) is 0 Å². The van der Waals surface area contributed by atoms with Gasteiger partial charge in [-0.3, -0.25) is 13.9 Å². The number of nitrogens with zero attached hydrogens (tertiary/aromatic N) is 3. The molecule has 0 aliphatic heterocycles. The standard InChI is InChI=1S/C21H21N3O3/c1-14-12-15-6-5-7-16(20(15)22(14)2)13-24-18-9-4-3-8-17(18)23(21(24)27)11-10-19(25)26/h3-9,12H,10-11,13H2,1-2H3,(H,25,26). The van der Waals surface area contributed by atoms with E-state index in [9.17, 15) is 9.59 Å². The van der Waals surface area contributed by atoms with Crippen molar-refractivity contribution in [2.45, 2.75) is 26.4 Å². The first-order valence-corrected chi connectivity index (χ1v) is 8.91. The minimum absolute atomic E-state index is 0.0828. The average Bonchev–Trinajstić information content (AvgIpc) is 3.08. The van der Waals surface area contributed by atoms with E-state index in [4.69, 9.17) is 5.11 Å². The number of carboxylic acids is 1. The summed E-state index contributed by atoms with van der Waals surface area (Å²) in [5.41, 5.74) is 4.74. The number of para-hydroxylation sites is 3. The Balaban J connectivity index is 1.87. The van der Waals surface area contributed by atoms with Crippen LogP contribution in [-0.2, 0) is 24.9 Å². The molecule has 0 amide bonds. The Hall–Kier alpha value is -3.28. The van der Waals surface area contributed by atoms with Gasteiger partial charge in [-0.2, -0.15) is 0 Å². The largest absolute Gasteiger partial charge is 0.481 e. The number of aliphatic carboxylic acids is 1. The highest BCUT2D eigenvalue weighted by molar-refractivity contribution is 5.85. The molecule has 4 rings (SSSR count). The zero-order valence-corrected chi connectivity index (χ0v) is 15.3. The van der Waals surface area contributed by atoms with E-state index in [0.29, 0.717) is 6.54 Å². The molecule has 0 atom stereocenters. The molecule has 1 N–H and O–H groups in total. The van der Waals surface area contributed by atoms with Crippen LogP contribution in [0.5, 0.6) is 0 Å². The number of carboxylic acid groups (broad SMARTS) is 1. The number of imidazole rings is 1. The molecule has 0 fully saturated rings. The highest BCUT2D eigenvalue weighted by Gasteiger charge is 2.16. The lowest BCUT2D eigenvalue weighted by atomic mass is 10.1. The highest BCUT2D eigenvalue weighted by Crippen LogP contribution is 2.24. The van der Waals surface area contributed by atoms with Crippen molar-refractivity contribution in [1.82, 2.24) is 13.7 Å². The number of fused-ring (bicyclic) bond motifs is 2. The molecular formula is C21H21N3O3. The Kier molecular flexibility index (Phi) is 4.11. The van der Waals surface area contributed by atoms with E-state index in [1.807, 2.05) is 43.4 Å². The van der Waals surface area contributed by atoms with Gasteiger partial charge >= 0.3 is 11.7 Å². The summed E-state index contributed by atoms with van der Waals surface area (Å²) in [6, 6.07) is 15.8. The number of aromatic nitrogens is 3. The molecule has 4 aromatic rings. The summed E-state index contributed by atoms with van der Waals surface area (Å²) in [6.45, 7) is 2.66. The van der Waals surface area contributed by atoms with E-state index in [0.717, 1.165) is 33.2 Å². The van der Waals surface area contributed by atoms with Gasteiger partial charge in [0.05, 0.1) is 29.5 Å². The third-order valence-electron chi connectivity index (χ3n) is 5.18. The summed E-state index contributed by atoms with van der Waals surface area (Å²) in [7, 11) is 2.03. The van der Waals surface area contributed by atoms with Crippen LogP contribution >= 0.6 is 0 Å². The summed E-state index contributed by atoms with van der Waals surface area (Å²) >= 11 is 0. The molecule has 2 heterocycles. The lowest BCUT2D eigenvalue weighted by Crippen LogP contribution is -2.25. The van der Waals surface area contributed by atoms with Crippen molar-refractivity contribution in [1.29, 1.82) is 0 Å². The maximum atomic E-state index is 13.1. The molecule has 6 nitrogen and oxygen atoms in total. The van der Waals surface area contributed by atoms with E-state index < -0.39 is 5.97 Å². The number of benzene rings is 2. The monoisotopic (exact) mass is 363 g/mol. The molecule has 0 saturated carbocycles. The van der Waals surface area contributed by atoms with Crippen molar-refractivity contribution >= 4 is 27.9 Å². The number of carbonyl (C=O) groups is 1. The van der Waals surface area contributed by atoms with Crippen LogP contribution in [0, 0.1) is 6.92 Å². The lowest BCUT2D eigenvalue weighted by Gasteiger charge is -2.08. The zero-order chi connectivity index (χ0) is 19.1. The van der Waals surface area contributed by atoms with Gasteiger partial charge in [0.2, 0.25) is 0 Å². The molecule has 6 heteroatoms. The Morgan fingerprint density at radius 1 is 1.04 bits per heavy atom. The van der Waals surface area contributed by atoms with Gasteiger partial charge in [0.15, 0.2) is 0 Å². The van der Waals surface area contributed by atoms with Gasteiger partial charge in [0.25, 0.3) is 0 Å². The van der Waals surface area contributed by atoms with Crippen molar-refractivity contribution in [2.24, 2.45) is 7.05 Å². The second-order valence-corrected chi connectivity index (χ2v) is 6.85. The minimum atomic E-state index is -0.914. The molecule has 2 aromatic carbocycles. The molecule has 0 unspecified atom stereocenters. The van der Waals surface area contributed by atoms with Gasteiger partial charge in [-0.25, -0.2) is 4.79 Å². The maximum absolute atomic E-state index is 13.1. The van der Waals surface area contributed by atoms with Gasteiger partial charge in [0, 0.05) is 24.7 Å². The SMILES string of the molecule is Cc1cc2cccc(Cn3c(=O)n(CCC(=O)O)c4ccccc43)c2n1C. The number of rotatable bonds is 5. The fraction of sp³-hybridized carbons (Fsp3) is 0.238. The fourth-order valence-corrected chi connectivity index (χ4v) is 3.78. The summed E-state index contributed by atoms with van der Waals surface area (Å²) < 4.78 is 5.42. The second-order valence-electron chi connectivity index (χ2n) is 6.85.